The van der Waals surface area contributed by atoms with Crippen LogP contribution < -0.4 is 5.32 Å². The number of aryl methyl sites for hydroxylation is 1. The van der Waals surface area contributed by atoms with Crippen LogP contribution in [0.2, 0.25) is 0 Å². The fourth-order valence-electron chi connectivity index (χ4n) is 1.95. The maximum atomic E-state index is 5.32. The fourth-order valence-corrected chi connectivity index (χ4v) is 1.95. The van der Waals surface area contributed by atoms with E-state index in [1.807, 2.05) is 6.07 Å². The van der Waals surface area contributed by atoms with Crippen molar-refractivity contribution in [2.45, 2.75) is 18.9 Å². The predicted octanol–water partition coefficient (Wildman–Crippen LogP) is 1.12. The summed E-state index contributed by atoms with van der Waals surface area (Å²) in [5.41, 5.74) is 0. The summed E-state index contributed by atoms with van der Waals surface area (Å²) in [7, 11) is 2.20. The summed E-state index contributed by atoms with van der Waals surface area (Å²) in [5.74, 6) is 1.10. The van der Waals surface area contributed by atoms with Crippen LogP contribution in [0.4, 0.5) is 0 Å². The van der Waals surface area contributed by atoms with Crippen molar-refractivity contribution in [1.82, 2.24) is 10.2 Å². The van der Waals surface area contributed by atoms with E-state index in [1.165, 1.54) is 6.42 Å². The molecule has 0 amide bonds. The van der Waals surface area contributed by atoms with E-state index in [9.17, 15) is 0 Å². The first-order valence-electron chi connectivity index (χ1n) is 5.29. The third-order valence-corrected chi connectivity index (χ3v) is 2.95. The lowest BCUT2D eigenvalue weighted by atomic mass is 10.1. The van der Waals surface area contributed by atoms with Crippen LogP contribution in [0.1, 0.15) is 12.2 Å². The lowest BCUT2D eigenvalue weighted by molar-refractivity contribution is 0.188. The molecule has 1 aliphatic rings. The molecule has 2 rings (SSSR count). The van der Waals surface area contributed by atoms with Crippen LogP contribution in [-0.2, 0) is 6.42 Å². The van der Waals surface area contributed by atoms with Crippen molar-refractivity contribution in [3.63, 3.8) is 0 Å². The van der Waals surface area contributed by atoms with Gasteiger partial charge in [0.1, 0.15) is 5.76 Å². The zero-order chi connectivity index (χ0) is 9.80. The van der Waals surface area contributed by atoms with Gasteiger partial charge in [-0.15, -0.1) is 0 Å². The number of hydrogen-bond donors (Lipinski definition) is 1. The Morgan fingerprint density at radius 1 is 1.64 bits per heavy atom. The van der Waals surface area contributed by atoms with Crippen LogP contribution in [0.5, 0.6) is 0 Å². The van der Waals surface area contributed by atoms with E-state index in [-0.39, 0.29) is 0 Å². The van der Waals surface area contributed by atoms with Crippen LogP contribution >= 0.6 is 0 Å². The highest BCUT2D eigenvalue weighted by atomic mass is 16.3. The van der Waals surface area contributed by atoms with Crippen molar-refractivity contribution in [3.05, 3.63) is 24.2 Å². The largest absolute Gasteiger partial charge is 0.469 e. The molecule has 14 heavy (non-hydrogen) atoms. The Labute approximate surface area is 85.1 Å². The summed E-state index contributed by atoms with van der Waals surface area (Å²) in [6.07, 6.45) is 3.97. The molecule has 0 aliphatic carbocycles. The van der Waals surface area contributed by atoms with Gasteiger partial charge in [-0.25, -0.2) is 0 Å². The van der Waals surface area contributed by atoms with Crippen LogP contribution in [-0.4, -0.2) is 37.6 Å². The second-order valence-corrected chi connectivity index (χ2v) is 3.96. The highest BCUT2D eigenvalue weighted by Crippen LogP contribution is 2.10. The normalized spacial score (nSPS) is 23.9. The summed E-state index contributed by atoms with van der Waals surface area (Å²) in [6, 6.07) is 4.67. The van der Waals surface area contributed by atoms with Gasteiger partial charge in [-0.1, -0.05) is 0 Å². The van der Waals surface area contributed by atoms with Crippen molar-refractivity contribution in [2.75, 3.05) is 26.7 Å². The number of piperazine rings is 1. The minimum absolute atomic E-state index is 0.661. The molecule has 0 saturated carbocycles. The summed E-state index contributed by atoms with van der Waals surface area (Å²) in [4.78, 5) is 2.43. The molecule has 0 bridgehead atoms. The highest BCUT2D eigenvalue weighted by molar-refractivity contribution is 4.98. The standard InChI is InChI=1S/C11H18N2O/c1-13-7-6-12-9-10(13)4-5-11-3-2-8-14-11/h2-3,8,10,12H,4-7,9H2,1H3. The molecule has 1 aliphatic heterocycles. The summed E-state index contributed by atoms with van der Waals surface area (Å²) in [5, 5.41) is 3.42. The van der Waals surface area contributed by atoms with E-state index >= 15 is 0 Å². The lowest BCUT2D eigenvalue weighted by Gasteiger charge is -2.32. The van der Waals surface area contributed by atoms with Crippen LogP contribution in [0.3, 0.4) is 0 Å². The molecule has 1 saturated heterocycles. The van der Waals surface area contributed by atoms with Crippen LogP contribution in [0, 0.1) is 0 Å². The Bertz CT molecular complexity index is 258. The molecule has 1 aromatic heterocycles. The molecule has 1 N–H and O–H groups in total. The molecule has 2 heterocycles. The Morgan fingerprint density at radius 3 is 3.29 bits per heavy atom. The average molecular weight is 194 g/mol. The maximum Gasteiger partial charge on any atom is 0.103 e. The van der Waals surface area contributed by atoms with Gasteiger partial charge in [0, 0.05) is 32.1 Å². The number of furan rings is 1. The van der Waals surface area contributed by atoms with Gasteiger partial charge < -0.3 is 14.6 Å². The zero-order valence-electron chi connectivity index (χ0n) is 8.70. The quantitative estimate of drug-likeness (QED) is 0.781. The summed E-state index contributed by atoms with van der Waals surface area (Å²) in [6.45, 7) is 3.38. The third-order valence-electron chi connectivity index (χ3n) is 2.95. The molecule has 1 unspecified atom stereocenters. The first-order valence-corrected chi connectivity index (χ1v) is 5.29. The van der Waals surface area contributed by atoms with Gasteiger partial charge in [-0.3, -0.25) is 0 Å². The first kappa shape index (κ1) is 9.74. The number of hydrogen-bond acceptors (Lipinski definition) is 3. The van der Waals surface area contributed by atoms with Crippen molar-refractivity contribution in [2.24, 2.45) is 0 Å². The molecule has 0 radical (unpaired) electrons. The molecule has 1 fully saturated rings. The maximum absolute atomic E-state index is 5.32. The predicted molar refractivity (Wildman–Crippen MR) is 56.3 cm³/mol. The third kappa shape index (κ3) is 2.36. The van der Waals surface area contributed by atoms with E-state index < -0.39 is 0 Å². The Morgan fingerprint density at radius 2 is 2.57 bits per heavy atom. The van der Waals surface area contributed by atoms with Crippen molar-refractivity contribution in [1.29, 1.82) is 0 Å². The summed E-state index contributed by atoms with van der Waals surface area (Å²) < 4.78 is 5.32. The van der Waals surface area contributed by atoms with Crippen LogP contribution in [0.25, 0.3) is 0 Å². The molecule has 0 spiro atoms. The van der Waals surface area contributed by atoms with E-state index in [1.54, 1.807) is 6.26 Å². The minimum atomic E-state index is 0.661. The minimum Gasteiger partial charge on any atom is -0.469 e. The monoisotopic (exact) mass is 194 g/mol. The second-order valence-electron chi connectivity index (χ2n) is 3.96. The molecule has 0 aromatic carbocycles. The van der Waals surface area contributed by atoms with Gasteiger partial charge in [0.05, 0.1) is 6.26 Å². The highest BCUT2D eigenvalue weighted by Gasteiger charge is 2.18. The van der Waals surface area contributed by atoms with E-state index in [0.717, 1.165) is 31.8 Å². The van der Waals surface area contributed by atoms with Crippen LogP contribution in [0.15, 0.2) is 22.8 Å². The second kappa shape index (κ2) is 4.62. The van der Waals surface area contributed by atoms with Gasteiger partial charge in [-0.2, -0.15) is 0 Å². The van der Waals surface area contributed by atoms with Gasteiger partial charge in [0.25, 0.3) is 0 Å². The smallest absolute Gasteiger partial charge is 0.103 e. The number of nitrogens with zero attached hydrogens (tertiary/aromatic N) is 1. The fraction of sp³-hybridized carbons (Fsp3) is 0.636. The van der Waals surface area contributed by atoms with Gasteiger partial charge >= 0.3 is 0 Å². The zero-order valence-corrected chi connectivity index (χ0v) is 8.70. The van der Waals surface area contributed by atoms with Gasteiger partial charge in [0.15, 0.2) is 0 Å². The Hall–Kier alpha value is -0.800. The molecular formula is C11H18N2O. The average Bonchev–Trinajstić information content (AvgIpc) is 2.69. The lowest BCUT2D eigenvalue weighted by Crippen LogP contribution is -2.49. The number of nitrogens with one attached hydrogen (secondary N) is 1. The van der Waals surface area contributed by atoms with E-state index in [0.29, 0.717) is 6.04 Å². The first-order chi connectivity index (χ1) is 6.86. The Balaban J connectivity index is 1.79. The number of rotatable bonds is 3. The Kier molecular flexibility index (Phi) is 3.22. The van der Waals surface area contributed by atoms with Crippen molar-refractivity contribution < 1.29 is 4.42 Å². The molecule has 78 valence electrons. The summed E-state index contributed by atoms with van der Waals surface area (Å²) >= 11 is 0. The SMILES string of the molecule is CN1CCNCC1CCc1ccco1. The molecule has 3 heteroatoms. The van der Waals surface area contributed by atoms with Crippen molar-refractivity contribution in [3.8, 4) is 0 Å². The molecular weight excluding hydrogens is 176 g/mol. The van der Waals surface area contributed by atoms with Gasteiger partial charge in [-0.05, 0) is 25.6 Å². The molecule has 1 atom stereocenters. The molecule has 1 aromatic rings. The van der Waals surface area contributed by atoms with Gasteiger partial charge in [0.2, 0.25) is 0 Å². The van der Waals surface area contributed by atoms with Crippen molar-refractivity contribution >= 4 is 0 Å². The topological polar surface area (TPSA) is 28.4 Å². The van der Waals surface area contributed by atoms with E-state index in [4.69, 9.17) is 4.42 Å². The number of likely N-dealkylation sites (N-methyl/N-ethyl adjacent to an activating group) is 1. The molecule has 3 nitrogen and oxygen atoms in total. The van der Waals surface area contributed by atoms with E-state index in [2.05, 4.69) is 23.3 Å².